The van der Waals surface area contributed by atoms with Crippen LogP contribution in [0.15, 0.2) is 53.5 Å². The average molecular weight is 277 g/mol. The summed E-state index contributed by atoms with van der Waals surface area (Å²) < 4.78 is 0. The lowest BCUT2D eigenvalue weighted by atomic mass is 10.2. The number of hydrazine groups is 1. The van der Waals surface area contributed by atoms with Crippen LogP contribution in [0.3, 0.4) is 0 Å². The van der Waals surface area contributed by atoms with Crippen molar-refractivity contribution < 1.29 is 0 Å². The quantitative estimate of drug-likeness (QED) is 0.599. The number of hydrogen-bond acceptors (Lipinski definition) is 4. The number of anilines is 2. The van der Waals surface area contributed by atoms with E-state index in [-0.39, 0.29) is 0 Å². The van der Waals surface area contributed by atoms with Gasteiger partial charge in [0.15, 0.2) is 11.7 Å². The van der Waals surface area contributed by atoms with Gasteiger partial charge in [0.25, 0.3) is 0 Å². The zero-order chi connectivity index (χ0) is 14.4. The van der Waals surface area contributed by atoms with Crippen molar-refractivity contribution in [3.05, 3.63) is 54.1 Å². The smallest absolute Gasteiger partial charge is 0.159 e. The molecule has 0 spiro atoms. The molecule has 5 heteroatoms. The van der Waals surface area contributed by atoms with Gasteiger partial charge in [0.2, 0.25) is 0 Å². The Hall–Kier alpha value is -2.95. The van der Waals surface area contributed by atoms with Gasteiger partial charge in [-0.05, 0) is 18.2 Å². The Labute approximate surface area is 122 Å². The normalized spacial score (nSPS) is 13.8. The second-order valence-corrected chi connectivity index (χ2v) is 5.12. The molecule has 0 aliphatic carbocycles. The summed E-state index contributed by atoms with van der Waals surface area (Å²) in [5.74, 6) is 1.67. The summed E-state index contributed by atoms with van der Waals surface area (Å²) in [5.41, 5.74) is 13.0. The molecule has 0 fully saturated rings. The first kappa shape index (κ1) is 11.8. The van der Waals surface area contributed by atoms with Crippen molar-refractivity contribution in [2.75, 3.05) is 17.8 Å². The molecule has 0 saturated heterocycles. The molecule has 0 unspecified atom stereocenters. The molecule has 2 aromatic carbocycles. The van der Waals surface area contributed by atoms with Crippen LogP contribution in [0, 0.1) is 0 Å². The van der Waals surface area contributed by atoms with Crippen molar-refractivity contribution in [3.63, 3.8) is 0 Å². The Morgan fingerprint density at radius 2 is 1.90 bits per heavy atom. The van der Waals surface area contributed by atoms with Gasteiger partial charge in [-0.3, -0.25) is 10.4 Å². The third-order valence-electron chi connectivity index (χ3n) is 3.66. The lowest BCUT2D eigenvalue weighted by Crippen LogP contribution is -2.41. The highest BCUT2D eigenvalue weighted by atomic mass is 15.5. The second kappa shape index (κ2) is 4.28. The third-order valence-corrected chi connectivity index (χ3v) is 3.66. The maximum absolute atomic E-state index is 5.85. The van der Waals surface area contributed by atoms with E-state index in [4.69, 9.17) is 10.7 Å². The number of aliphatic imine (C=N–C) groups is 1. The van der Waals surface area contributed by atoms with Crippen molar-refractivity contribution in [3.8, 4) is 0 Å². The molecule has 104 valence electrons. The number of nitrogen functional groups attached to an aromatic ring is 1. The number of benzene rings is 2. The van der Waals surface area contributed by atoms with Gasteiger partial charge in [-0.1, -0.05) is 30.3 Å². The number of nitrogens with two attached hydrogens (primary N) is 1. The van der Waals surface area contributed by atoms with Gasteiger partial charge >= 0.3 is 0 Å². The van der Waals surface area contributed by atoms with E-state index in [0.717, 1.165) is 39.5 Å². The molecule has 0 saturated carbocycles. The van der Waals surface area contributed by atoms with Gasteiger partial charge in [0.1, 0.15) is 5.69 Å². The molecule has 4 N–H and O–H groups in total. The number of aromatic amines is 1. The summed E-state index contributed by atoms with van der Waals surface area (Å²) in [4.78, 5) is 8.04. The maximum Gasteiger partial charge on any atom is 0.159 e. The average Bonchev–Trinajstić information content (AvgIpc) is 2.85. The predicted octanol–water partition coefficient (Wildman–Crippen LogP) is 2.78. The molecule has 2 heterocycles. The van der Waals surface area contributed by atoms with Crippen LogP contribution >= 0.6 is 0 Å². The van der Waals surface area contributed by atoms with E-state index in [1.807, 2.05) is 60.6 Å². The molecule has 0 amide bonds. The Morgan fingerprint density at radius 1 is 1.10 bits per heavy atom. The van der Waals surface area contributed by atoms with E-state index < -0.39 is 0 Å². The van der Waals surface area contributed by atoms with Gasteiger partial charge in [0.05, 0.1) is 5.52 Å². The molecule has 0 radical (unpaired) electrons. The molecular weight excluding hydrogens is 262 g/mol. The molecule has 21 heavy (non-hydrogen) atoms. The standard InChI is InChI=1S/C16H15N5/c1-21-14-12-8-7-11(17)9-13(12)18-16(14)19-15(20-21)10-5-3-2-4-6-10/h2-9,18H,17H2,1H3,(H,19,20). The molecule has 5 nitrogen and oxygen atoms in total. The summed E-state index contributed by atoms with van der Waals surface area (Å²) in [6, 6.07) is 15.9. The maximum atomic E-state index is 5.85. The van der Waals surface area contributed by atoms with E-state index in [1.54, 1.807) is 0 Å². The molecule has 4 rings (SSSR count). The lowest BCUT2D eigenvalue weighted by Gasteiger charge is -2.26. The molecular formula is C16H15N5. The molecule has 3 aromatic rings. The second-order valence-electron chi connectivity index (χ2n) is 5.12. The zero-order valence-corrected chi connectivity index (χ0v) is 11.6. The Bertz CT molecular complexity index is 848. The summed E-state index contributed by atoms with van der Waals surface area (Å²) in [6.45, 7) is 0. The summed E-state index contributed by atoms with van der Waals surface area (Å²) >= 11 is 0. The fraction of sp³-hybridized carbons (Fsp3) is 0.0625. The fourth-order valence-electron chi connectivity index (χ4n) is 2.68. The van der Waals surface area contributed by atoms with Crippen LogP contribution in [0.2, 0.25) is 0 Å². The van der Waals surface area contributed by atoms with Gasteiger partial charge in [-0.2, -0.15) is 0 Å². The highest BCUT2D eigenvalue weighted by Crippen LogP contribution is 2.38. The van der Waals surface area contributed by atoms with Crippen LogP contribution in [-0.4, -0.2) is 17.9 Å². The van der Waals surface area contributed by atoms with Gasteiger partial charge in [0, 0.05) is 23.7 Å². The van der Waals surface area contributed by atoms with Crippen molar-refractivity contribution in [2.24, 2.45) is 4.99 Å². The summed E-state index contributed by atoms with van der Waals surface area (Å²) in [7, 11) is 1.99. The van der Waals surface area contributed by atoms with E-state index in [2.05, 4.69) is 10.4 Å². The number of nitrogens with one attached hydrogen (secondary N) is 2. The number of aromatic nitrogens is 1. The van der Waals surface area contributed by atoms with Crippen LogP contribution in [0.5, 0.6) is 0 Å². The number of rotatable bonds is 1. The minimum absolute atomic E-state index is 0.740. The van der Waals surface area contributed by atoms with Crippen LogP contribution < -0.4 is 16.2 Å². The first-order valence-electron chi connectivity index (χ1n) is 6.78. The first-order valence-corrected chi connectivity index (χ1v) is 6.78. The van der Waals surface area contributed by atoms with Crippen molar-refractivity contribution in [2.45, 2.75) is 0 Å². The molecule has 1 aliphatic rings. The van der Waals surface area contributed by atoms with Crippen molar-refractivity contribution in [1.82, 2.24) is 10.4 Å². The minimum Gasteiger partial charge on any atom is -0.399 e. The van der Waals surface area contributed by atoms with E-state index in [9.17, 15) is 0 Å². The largest absolute Gasteiger partial charge is 0.399 e. The monoisotopic (exact) mass is 277 g/mol. The van der Waals surface area contributed by atoms with Gasteiger partial charge in [-0.25, -0.2) is 4.99 Å². The molecule has 1 aliphatic heterocycles. The van der Waals surface area contributed by atoms with Gasteiger partial charge in [-0.15, -0.1) is 0 Å². The molecule has 1 aromatic heterocycles. The topological polar surface area (TPSA) is 69.4 Å². The van der Waals surface area contributed by atoms with Crippen LogP contribution in [-0.2, 0) is 0 Å². The minimum atomic E-state index is 0.740. The predicted molar refractivity (Wildman–Crippen MR) is 86.9 cm³/mol. The number of amidine groups is 1. The van der Waals surface area contributed by atoms with E-state index >= 15 is 0 Å². The van der Waals surface area contributed by atoms with Gasteiger partial charge < -0.3 is 10.7 Å². The summed E-state index contributed by atoms with van der Waals surface area (Å²) in [5, 5.41) is 3.09. The van der Waals surface area contributed by atoms with Crippen molar-refractivity contribution in [1.29, 1.82) is 0 Å². The number of nitrogens with zero attached hydrogens (tertiary/aromatic N) is 2. The van der Waals surface area contributed by atoms with Crippen LogP contribution in [0.25, 0.3) is 10.9 Å². The zero-order valence-electron chi connectivity index (χ0n) is 11.6. The van der Waals surface area contributed by atoms with E-state index in [0.29, 0.717) is 0 Å². The van der Waals surface area contributed by atoms with Crippen LogP contribution in [0.4, 0.5) is 17.2 Å². The highest BCUT2D eigenvalue weighted by Gasteiger charge is 2.21. The lowest BCUT2D eigenvalue weighted by molar-refractivity contribution is 0.867. The third kappa shape index (κ3) is 1.82. The fourth-order valence-corrected chi connectivity index (χ4v) is 2.68. The molecule has 0 atom stereocenters. The van der Waals surface area contributed by atoms with E-state index in [1.165, 1.54) is 0 Å². The van der Waals surface area contributed by atoms with Crippen molar-refractivity contribution >= 4 is 33.9 Å². The molecule has 0 bridgehead atoms. The Balaban J connectivity index is 1.91. The number of hydrogen-bond donors (Lipinski definition) is 3. The first-order chi connectivity index (χ1) is 10.2. The Morgan fingerprint density at radius 3 is 2.71 bits per heavy atom. The van der Waals surface area contributed by atoms with Crippen LogP contribution in [0.1, 0.15) is 5.56 Å². The Kier molecular flexibility index (Phi) is 2.41. The number of fused-ring (bicyclic) bond motifs is 3. The SMILES string of the molecule is CN1NC(c2ccccc2)=Nc2[nH]c3cc(N)ccc3c21. The number of H-pyrrole nitrogens is 1. The summed E-state index contributed by atoms with van der Waals surface area (Å²) in [6.07, 6.45) is 0. The highest BCUT2D eigenvalue weighted by molar-refractivity contribution is 6.08.